The fourth-order valence-electron chi connectivity index (χ4n) is 2.30. The molecule has 16 heavy (non-hydrogen) atoms. The molecule has 1 atom stereocenters. The van der Waals surface area contributed by atoms with E-state index in [1.54, 1.807) is 0 Å². The molecule has 0 aliphatic heterocycles. The Balaban J connectivity index is 2.28. The van der Waals surface area contributed by atoms with Crippen molar-refractivity contribution in [1.29, 1.82) is 0 Å². The van der Waals surface area contributed by atoms with Crippen molar-refractivity contribution in [2.75, 3.05) is 7.05 Å². The molecule has 4 heteroatoms. The maximum atomic E-state index is 4.34. The number of hydrogen-bond donors (Lipinski definition) is 1. The monoisotopic (exact) mass is 222 g/mol. The molecule has 0 aromatic carbocycles. The van der Waals surface area contributed by atoms with Gasteiger partial charge in [0.1, 0.15) is 0 Å². The highest BCUT2D eigenvalue weighted by atomic mass is 15.4. The molecule has 1 aromatic heterocycles. The Bertz CT molecular complexity index is 352. The second kappa shape index (κ2) is 4.53. The summed E-state index contributed by atoms with van der Waals surface area (Å²) in [5, 5.41) is 11.8. The van der Waals surface area contributed by atoms with Gasteiger partial charge in [0, 0.05) is 6.54 Å². The largest absolute Gasteiger partial charge is 0.314 e. The van der Waals surface area contributed by atoms with Crippen molar-refractivity contribution in [3.05, 3.63) is 11.4 Å². The van der Waals surface area contributed by atoms with Gasteiger partial charge in [-0.05, 0) is 38.6 Å². The Morgan fingerprint density at radius 1 is 1.38 bits per heavy atom. The average Bonchev–Trinajstić information content (AvgIpc) is 2.99. The first-order chi connectivity index (χ1) is 7.65. The van der Waals surface area contributed by atoms with Crippen LogP contribution in [0.3, 0.4) is 0 Å². The van der Waals surface area contributed by atoms with E-state index in [2.05, 4.69) is 41.1 Å². The average molecular weight is 222 g/mol. The van der Waals surface area contributed by atoms with Gasteiger partial charge in [-0.2, -0.15) is 0 Å². The quantitative estimate of drug-likeness (QED) is 0.829. The van der Waals surface area contributed by atoms with E-state index in [0.717, 1.165) is 18.2 Å². The fraction of sp³-hybridized carbons (Fsp3) is 0.833. The van der Waals surface area contributed by atoms with Crippen LogP contribution in [0.15, 0.2) is 0 Å². The summed E-state index contributed by atoms with van der Waals surface area (Å²) in [6.07, 6.45) is 2.69. The van der Waals surface area contributed by atoms with Crippen LogP contribution >= 0.6 is 0 Å². The van der Waals surface area contributed by atoms with Gasteiger partial charge in [-0.3, -0.25) is 0 Å². The molecular weight excluding hydrogens is 200 g/mol. The summed E-state index contributed by atoms with van der Waals surface area (Å²) < 4.78 is 2.15. The van der Waals surface area contributed by atoms with Gasteiger partial charge in [0.2, 0.25) is 0 Å². The van der Waals surface area contributed by atoms with Gasteiger partial charge in [0.25, 0.3) is 0 Å². The second-order valence-corrected chi connectivity index (χ2v) is 5.13. The van der Waals surface area contributed by atoms with E-state index in [1.807, 2.05) is 7.05 Å². The van der Waals surface area contributed by atoms with Gasteiger partial charge >= 0.3 is 0 Å². The van der Waals surface area contributed by atoms with Gasteiger partial charge in [-0.15, -0.1) is 5.10 Å². The lowest BCUT2D eigenvalue weighted by molar-refractivity contribution is 0.409. The Morgan fingerprint density at radius 3 is 2.56 bits per heavy atom. The molecule has 1 aliphatic carbocycles. The van der Waals surface area contributed by atoms with E-state index in [1.165, 1.54) is 18.5 Å². The smallest absolute Gasteiger partial charge is 0.0999 e. The van der Waals surface area contributed by atoms with E-state index in [4.69, 9.17) is 0 Å². The van der Waals surface area contributed by atoms with Gasteiger partial charge in [0.05, 0.1) is 17.4 Å². The molecule has 90 valence electrons. The Morgan fingerprint density at radius 2 is 2.06 bits per heavy atom. The molecule has 1 fully saturated rings. The minimum atomic E-state index is 0.486. The van der Waals surface area contributed by atoms with Crippen LogP contribution in [0.1, 0.15) is 57.0 Å². The minimum Gasteiger partial charge on any atom is -0.314 e. The van der Waals surface area contributed by atoms with Crippen LogP contribution in [0.5, 0.6) is 0 Å². The highest BCUT2D eigenvalue weighted by Crippen LogP contribution is 2.40. The number of hydrogen-bond acceptors (Lipinski definition) is 3. The molecule has 0 spiro atoms. The molecule has 0 bridgehead atoms. The lowest BCUT2D eigenvalue weighted by Crippen LogP contribution is -2.15. The van der Waals surface area contributed by atoms with Crippen LogP contribution in [0, 0.1) is 5.92 Å². The van der Waals surface area contributed by atoms with Crippen LogP contribution < -0.4 is 5.32 Å². The van der Waals surface area contributed by atoms with Crippen molar-refractivity contribution in [2.24, 2.45) is 5.92 Å². The molecular formula is C12H22N4. The zero-order chi connectivity index (χ0) is 11.7. The fourth-order valence-corrected chi connectivity index (χ4v) is 2.30. The van der Waals surface area contributed by atoms with E-state index in [0.29, 0.717) is 12.0 Å². The topological polar surface area (TPSA) is 42.7 Å². The molecule has 1 heterocycles. The first kappa shape index (κ1) is 11.6. The first-order valence-corrected chi connectivity index (χ1v) is 6.23. The Hall–Kier alpha value is -0.900. The highest BCUT2D eigenvalue weighted by Gasteiger charge is 2.32. The number of nitrogens with one attached hydrogen (secondary N) is 1. The molecule has 0 amide bonds. The molecule has 0 saturated heterocycles. The van der Waals surface area contributed by atoms with Crippen molar-refractivity contribution < 1.29 is 0 Å². The summed E-state index contributed by atoms with van der Waals surface area (Å²) in [7, 11) is 1.95. The van der Waals surface area contributed by atoms with Crippen LogP contribution in [-0.2, 0) is 6.54 Å². The summed E-state index contributed by atoms with van der Waals surface area (Å²) in [5.74, 6) is 1.31. The summed E-state index contributed by atoms with van der Waals surface area (Å²) in [5.41, 5.74) is 2.40. The van der Waals surface area contributed by atoms with Gasteiger partial charge in [-0.25, -0.2) is 4.68 Å². The van der Waals surface area contributed by atoms with Crippen LogP contribution in [0.2, 0.25) is 0 Å². The molecule has 0 radical (unpaired) electrons. The second-order valence-electron chi connectivity index (χ2n) is 5.13. The maximum absolute atomic E-state index is 4.34. The summed E-state index contributed by atoms with van der Waals surface area (Å²) in [6.45, 7) is 7.51. The zero-order valence-electron chi connectivity index (χ0n) is 10.7. The Labute approximate surface area is 97.4 Å². The van der Waals surface area contributed by atoms with E-state index < -0.39 is 0 Å². The lowest BCUT2D eigenvalue weighted by Gasteiger charge is -2.16. The summed E-state index contributed by atoms with van der Waals surface area (Å²) in [4.78, 5) is 0. The highest BCUT2D eigenvalue weighted by molar-refractivity contribution is 5.15. The van der Waals surface area contributed by atoms with Gasteiger partial charge < -0.3 is 5.32 Å². The summed E-state index contributed by atoms with van der Waals surface area (Å²) in [6, 6.07) is 0.510. The zero-order valence-corrected chi connectivity index (χ0v) is 10.7. The molecule has 1 N–H and O–H groups in total. The van der Waals surface area contributed by atoms with Crippen LogP contribution in [0.4, 0.5) is 0 Å². The van der Waals surface area contributed by atoms with Gasteiger partial charge in [0.15, 0.2) is 0 Å². The van der Waals surface area contributed by atoms with Crippen LogP contribution in [0.25, 0.3) is 0 Å². The van der Waals surface area contributed by atoms with Crippen molar-refractivity contribution in [2.45, 2.75) is 52.1 Å². The normalized spacial score (nSPS) is 18.1. The molecule has 1 unspecified atom stereocenters. The summed E-state index contributed by atoms with van der Waals surface area (Å²) >= 11 is 0. The molecule has 1 aromatic rings. The first-order valence-electron chi connectivity index (χ1n) is 6.23. The lowest BCUT2D eigenvalue weighted by atomic mass is 10.1. The van der Waals surface area contributed by atoms with Crippen molar-refractivity contribution in [3.63, 3.8) is 0 Å². The minimum absolute atomic E-state index is 0.486. The molecule has 1 aliphatic rings. The Kier molecular flexibility index (Phi) is 3.28. The predicted molar refractivity (Wildman–Crippen MR) is 64.3 cm³/mol. The number of nitrogens with zero attached hydrogens (tertiary/aromatic N) is 3. The van der Waals surface area contributed by atoms with Crippen molar-refractivity contribution in [1.82, 2.24) is 20.3 Å². The van der Waals surface area contributed by atoms with Crippen molar-refractivity contribution in [3.8, 4) is 0 Å². The van der Waals surface area contributed by atoms with Crippen molar-refractivity contribution >= 4 is 0 Å². The standard InChI is InChI=1S/C12H22N4/c1-8(2)12-11(7-13-4)14-15-16(12)9(3)10-5-6-10/h8-10,13H,5-7H2,1-4H3. The van der Waals surface area contributed by atoms with E-state index in [9.17, 15) is 0 Å². The van der Waals surface area contributed by atoms with E-state index in [-0.39, 0.29) is 0 Å². The van der Waals surface area contributed by atoms with Crippen LogP contribution in [-0.4, -0.2) is 22.0 Å². The number of aromatic nitrogens is 3. The predicted octanol–water partition coefficient (Wildman–Crippen LogP) is 2.09. The third kappa shape index (κ3) is 2.12. The molecule has 1 saturated carbocycles. The third-order valence-corrected chi connectivity index (χ3v) is 3.39. The van der Waals surface area contributed by atoms with E-state index >= 15 is 0 Å². The SMILES string of the molecule is CNCc1nnn(C(C)C2CC2)c1C(C)C. The number of rotatable bonds is 5. The maximum Gasteiger partial charge on any atom is 0.0999 e. The van der Waals surface area contributed by atoms with Gasteiger partial charge in [-0.1, -0.05) is 19.1 Å². The molecule has 4 nitrogen and oxygen atoms in total. The molecule has 2 rings (SSSR count). The third-order valence-electron chi connectivity index (χ3n) is 3.39.